The monoisotopic (exact) mass is 391 g/mol. The molecule has 0 unspecified atom stereocenters. The van der Waals surface area contributed by atoms with Crippen LogP contribution in [0.25, 0.3) is 0 Å². The molecule has 1 aromatic heterocycles. The molecule has 0 atom stereocenters. The van der Waals surface area contributed by atoms with Crippen LogP contribution in [0.4, 0.5) is 5.69 Å². The Bertz CT molecular complexity index is 845. The molecule has 142 valence electrons. The molecule has 1 aliphatic rings. The van der Waals surface area contributed by atoms with Gasteiger partial charge < -0.3 is 14.6 Å². The average molecular weight is 392 g/mol. The molecule has 8 nitrogen and oxygen atoms in total. The molecular formula is C18H18ClN3O5. The summed E-state index contributed by atoms with van der Waals surface area (Å²) >= 11 is 5.86. The van der Waals surface area contributed by atoms with Crippen LogP contribution in [0, 0.1) is 16.0 Å². The predicted octanol–water partition coefficient (Wildman–Crippen LogP) is 3.12. The summed E-state index contributed by atoms with van der Waals surface area (Å²) in [6.07, 6.45) is 4.36. The number of carbonyl (C=O) groups is 2. The number of nitro groups is 1. The number of nitro benzene ring substituents is 1. The topological polar surface area (TPSA) is 106 Å². The number of nitrogens with one attached hydrogen (secondary N) is 1. The molecule has 9 heteroatoms. The summed E-state index contributed by atoms with van der Waals surface area (Å²) in [6, 6.07) is 5.52. The summed E-state index contributed by atoms with van der Waals surface area (Å²) < 4.78 is 4.94. The van der Waals surface area contributed by atoms with Crippen LogP contribution in [-0.2, 0) is 0 Å². The van der Waals surface area contributed by atoms with E-state index in [9.17, 15) is 19.7 Å². The van der Waals surface area contributed by atoms with Crippen LogP contribution >= 0.6 is 11.6 Å². The molecule has 2 amide bonds. The number of likely N-dealkylation sites (tertiary alicyclic amines) is 1. The number of nitrogens with zero attached hydrogens (tertiary/aromatic N) is 2. The van der Waals surface area contributed by atoms with Crippen molar-refractivity contribution in [3.63, 3.8) is 0 Å². The molecule has 3 rings (SSSR count). The Kier molecular flexibility index (Phi) is 5.75. The van der Waals surface area contributed by atoms with E-state index in [0.717, 1.165) is 12.8 Å². The van der Waals surface area contributed by atoms with E-state index in [1.54, 1.807) is 11.0 Å². The van der Waals surface area contributed by atoms with Crippen molar-refractivity contribution >= 4 is 29.1 Å². The first-order valence-electron chi connectivity index (χ1n) is 8.49. The van der Waals surface area contributed by atoms with Gasteiger partial charge in [0.25, 0.3) is 17.5 Å². The highest BCUT2D eigenvalue weighted by Gasteiger charge is 2.26. The smallest absolute Gasteiger partial charge is 0.282 e. The van der Waals surface area contributed by atoms with E-state index in [4.69, 9.17) is 16.0 Å². The quantitative estimate of drug-likeness (QED) is 0.622. The van der Waals surface area contributed by atoms with E-state index >= 15 is 0 Å². The first kappa shape index (κ1) is 18.9. The zero-order valence-corrected chi connectivity index (χ0v) is 15.1. The molecule has 0 radical (unpaired) electrons. The Labute approximate surface area is 160 Å². The Morgan fingerprint density at radius 2 is 2.04 bits per heavy atom. The summed E-state index contributed by atoms with van der Waals surface area (Å²) in [4.78, 5) is 36.8. The molecule has 1 aromatic carbocycles. The van der Waals surface area contributed by atoms with Crippen LogP contribution in [0.15, 0.2) is 41.2 Å². The number of benzene rings is 1. The third kappa shape index (κ3) is 4.46. The van der Waals surface area contributed by atoms with Gasteiger partial charge in [0.05, 0.1) is 16.7 Å². The normalized spacial score (nSPS) is 14.8. The maximum atomic E-state index is 12.3. The summed E-state index contributed by atoms with van der Waals surface area (Å²) in [5.74, 6) is -0.400. The summed E-state index contributed by atoms with van der Waals surface area (Å²) in [5.41, 5.74) is 0.188. The molecule has 2 aromatic rings. The number of halogens is 1. The molecular weight excluding hydrogens is 374 g/mol. The van der Waals surface area contributed by atoms with E-state index in [1.165, 1.54) is 30.7 Å². The number of rotatable bonds is 5. The van der Waals surface area contributed by atoms with Crippen LogP contribution in [-0.4, -0.2) is 41.3 Å². The van der Waals surface area contributed by atoms with Crippen molar-refractivity contribution in [1.82, 2.24) is 10.2 Å². The zero-order chi connectivity index (χ0) is 19.4. The van der Waals surface area contributed by atoms with Crippen molar-refractivity contribution in [3.05, 3.63) is 63.1 Å². The van der Waals surface area contributed by atoms with Crippen LogP contribution < -0.4 is 5.32 Å². The van der Waals surface area contributed by atoms with Gasteiger partial charge in [-0.3, -0.25) is 19.7 Å². The Balaban J connectivity index is 1.53. The minimum Gasteiger partial charge on any atom is -0.472 e. The van der Waals surface area contributed by atoms with Crippen LogP contribution in [0.3, 0.4) is 0 Å². The molecule has 0 saturated carbocycles. The summed E-state index contributed by atoms with van der Waals surface area (Å²) in [5, 5.41) is 14.1. The van der Waals surface area contributed by atoms with Gasteiger partial charge in [-0.2, -0.15) is 0 Å². The van der Waals surface area contributed by atoms with Gasteiger partial charge in [-0.05, 0) is 37.0 Å². The lowest BCUT2D eigenvalue weighted by Gasteiger charge is -2.31. The fraction of sp³-hybridized carbons (Fsp3) is 0.333. The van der Waals surface area contributed by atoms with Crippen molar-refractivity contribution in [2.24, 2.45) is 5.92 Å². The van der Waals surface area contributed by atoms with E-state index in [1.807, 2.05) is 0 Å². The van der Waals surface area contributed by atoms with E-state index in [2.05, 4.69) is 5.32 Å². The molecule has 1 saturated heterocycles. The van der Waals surface area contributed by atoms with Gasteiger partial charge in [-0.1, -0.05) is 11.6 Å². The van der Waals surface area contributed by atoms with Gasteiger partial charge in [0.2, 0.25) is 0 Å². The largest absolute Gasteiger partial charge is 0.472 e. The lowest BCUT2D eigenvalue weighted by molar-refractivity contribution is -0.385. The molecule has 0 spiro atoms. The fourth-order valence-corrected chi connectivity index (χ4v) is 3.26. The van der Waals surface area contributed by atoms with E-state index in [0.29, 0.717) is 25.2 Å². The van der Waals surface area contributed by atoms with Crippen LogP contribution in [0.2, 0.25) is 5.02 Å². The number of carbonyl (C=O) groups excluding carboxylic acids is 2. The number of piperidine rings is 1. The molecule has 27 heavy (non-hydrogen) atoms. The second-order valence-electron chi connectivity index (χ2n) is 6.38. The van der Waals surface area contributed by atoms with Crippen molar-refractivity contribution in [3.8, 4) is 0 Å². The molecule has 2 heterocycles. The minimum atomic E-state index is -0.606. The lowest BCUT2D eigenvalue weighted by atomic mass is 9.96. The second kappa shape index (κ2) is 8.22. The number of hydrogen-bond acceptors (Lipinski definition) is 5. The van der Waals surface area contributed by atoms with Gasteiger partial charge in [-0.15, -0.1) is 0 Å². The van der Waals surface area contributed by atoms with Crippen molar-refractivity contribution < 1.29 is 18.9 Å². The van der Waals surface area contributed by atoms with Crippen molar-refractivity contribution in [2.75, 3.05) is 19.6 Å². The molecule has 1 N–H and O–H groups in total. The van der Waals surface area contributed by atoms with Gasteiger partial charge in [0.15, 0.2) is 0 Å². The fourth-order valence-electron chi connectivity index (χ4n) is 3.09. The van der Waals surface area contributed by atoms with Crippen molar-refractivity contribution in [1.29, 1.82) is 0 Å². The van der Waals surface area contributed by atoms with Gasteiger partial charge in [0.1, 0.15) is 11.8 Å². The number of amides is 2. The molecule has 1 fully saturated rings. The zero-order valence-electron chi connectivity index (χ0n) is 14.4. The van der Waals surface area contributed by atoms with Crippen molar-refractivity contribution in [2.45, 2.75) is 12.8 Å². The third-order valence-electron chi connectivity index (χ3n) is 4.62. The average Bonchev–Trinajstić information content (AvgIpc) is 3.20. The highest BCUT2D eigenvalue weighted by Crippen LogP contribution is 2.23. The first-order valence-corrected chi connectivity index (χ1v) is 8.87. The van der Waals surface area contributed by atoms with E-state index in [-0.39, 0.29) is 28.1 Å². The summed E-state index contributed by atoms with van der Waals surface area (Å²) in [6.45, 7) is 1.56. The van der Waals surface area contributed by atoms with Gasteiger partial charge in [0, 0.05) is 30.7 Å². The Morgan fingerprint density at radius 1 is 1.30 bits per heavy atom. The maximum absolute atomic E-state index is 12.3. The highest BCUT2D eigenvalue weighted by molar-refractivity contribution is 6.31. The summed E-state index contributed by atoms with van der Waals surface area (Å²) in [7, 11) is 0. The van der Waals surface area contributed by atoms with Gasteiger partial charge in [-0.25, -0.2) is 0 Å². The van der Waals surface area contributed by atoms with Crippen LogP contribution in [0.1, 0.15) is 33.6 Å². The number of furan rings is 1. The van der Waals surface area contributed by atoms with Crippen LogP contribution in [0.5, 0.6) is 0 Å². The second-order valence-corrected chi connectivity index (χ2v) is 6.81. The standard InChI is InChI=1S/C18H18ClN3O5/c19-14-1-2-16(22(25)26)15(9-14)17(23)20-10-12-3-6-21(7-4-12)18(24)13-5-8-27-11-13/h1-2,5,8-9,11-12H,3-4,6-7,10H2,(H,20,23). The van der Waals surface area contributed by atoms with Gasteiger partial charge >= 0.3 is 0 Å². The number of hydrogen-bond donors (Lipinski definition) is 1. The predicted molar refractivity (Wildman–Crippen MR) is 97.8 cm³/mol. The lowest BCUT2D eigenvalue weighted by Crippen LogP contribution is -2.41. The van der Waals surface area contributed by atoms with E-state index < -0.39 is 10.8 Å². The third-order valence-corrected chi connectivity index (χ3v) is 4.86. The maximum Gasteiger partial charge on any atom is 0.282 e. The minimum absolute atomic E-state index is 0.0555. The Hall–Kier alpha value is -2.87. The Morgan fingerprint density at radius 3 is 2.67 bits per heavy atom. The first-order chi connectivity index (χ1) is 13.0. The SMILES string of the molecule is O=C(NCC1CCN(C(=O)c2ccoc2)CC1)c1cc(Cl)ccc1[N+](=O)[O-]. The molecule has 0 bridgehead atoms. The molecule has 1 aliphatic heterocycles. The highest BCUT2D eigenvalue weighted by atomic mass is 35.5. The molecule has 0 aliphatic carbocycles.